The Morgan fingerprint density at radius 2 is 1.53 bits per heavy atom. The largest absolute Gasteiger partial charge is 0.465 e. The number of hydrogen-bond acceptors (Lipinski definition) is 3. The summed E-state index contributed by atoms with van der Waals surface area (Å²) < 4.78 is 4.80. The van der Waals surface area contributed by atoms with Crippen LogP contribution >= 0.6 is 0 Å². The number of carbonyl (C=O) groups excluding carboxylic acids is 1. The van der Waals surface area contributed by atoms with Crippen molar-refractivity contribution in [3.8, 4) is 11.3 Å². The van der Waals surface area contributed by atoms with Crippen LogP contribution in [0.1, 0.15) is 74.2 Å². The van der Waals surface area contributed by atoms with Crippen LogP contribution in [-0.4, -0.2) is 18.1 Å². The van der Waals surface area contributed by atoms with Gasteiger partial charge in [-0.25, -0.2) is 4.79 Å². The van der Waals surface area contributed by atoms with E-state index in [1.165, 1.54) is 64.0 Å². The molecule has 3 heteroatoms. The Kier molecular flexibility index (Phi) is 8.43. The monoisotopic (exact) mass is 403 g/mol. The molecular weight excluding hydrogens is 370 g/mol. The van der Waals surface area contributed by atoms with Gasteiger partial charge in [0.05, 0.1) is 18.4 Å². The fourth-order valence-corrected chi connectivity index (χ4v) is 3.86. The highest BCUT2D eigenvalue weighted by Crippen LogP contribution is 2.24. The number of pyridine rings is 1. The Morgan fingerprint density at radius 3 is 2.23 bits per heavy atom. The van der Waals surface area contributed by atoms with Gasteiger partial charge < -0.3 is 4.74 Å². The predicted octanol–water partition coefficient (Wildman–Crippen LogP) is 7.37. The minimum atomic E-state index is -0.310. The van der Waals surface area contributed by atoms with Crippen LogP contribution in [-0.2, 0) is 11.2 Å². The zero-order chi connectivity index (χ0) is 21.2. The average Bonchev–Trinajstić information content (AvgIpc) is 2.80. The normalized spacial score (nSPS) is 11.0. The summed E-state index contributed by atoms with van der Waals surface area (Å²) >= 11 is 0. The summed E-state index contributed by atoms with van der Waals surface area (Å²) in [4.78, 5) is 16.4. The van der Waals surface area contributed by atoms with Crippen molar-refractivity contribution >= 4 is 16.7 Å². The van der Waals surface area contributed by atoms with Crippen LogP contribution in [0, 0.1) is 0 Å². The number of nitrogens with zero attached hydrogens (tertiary/aromatic N) is 1. The molecule has 158 valence electrons. The Labute approximate surface area is 180 Å². The first-order valence-electron chi connectivity index (χ1n) is 11.3. The summed E-state index contributed by atoms with van der Waals surface area (Å²) in [6.07, 6.45) is 13.9. The smallest absolute Gasteiger partial charge is 0.337 e. The molecule has 1 heterocycles. The number of unbranched alkanes of at least 4 members (excludes halogenated alkanes) is 7. The van der Waals surface area contributed by atoms with Gasteiger partial charge in [0.1, 0.15) is 0 Å². The number of hydrogen-bond donors (Lipinski definition) is 0. The quantitative estimate of drug-likeness (QED) is 0.248. The highest BCUT2D eigenvalue weighted by atomic mass is 16.5. The number of esters is 1. The van der Waals surface area contributed by atoms with Crippen molar-refractivity contribution in [3.63, 3.8) is 0 Å². The van der Waals surface area contributed by atoms with Crippen molar-refractivity contribution in [3.05, 3.63) is 65.9 Å². The van der Waals surface area contributed by atoms with Gasteiger partial charge in [0.2, 0.25) is 0 Å². The number of fused-ring (bicyclic) bond motifs is 1. The van der Waals surface area contributed by atoms with E-state index in [1.807, 2.05) is 24.4 Å². The standard InChI is InChI=1S/C27H33NO2/c1-3-4-5-6-7-8-9-10-11-21-12-17-26(28-20-21)24-15-13-23-19-25(27(29)30-2)16-14-22(23)18-24/h12-20H,3-11H2,1-2H3. The van der Waals surface area contributed by atoms with E-state index in [0.29, 0.717) is 5.56 Å². The molecule has 3 nitrogen and oxygen atoms in total. The number of ether oxygens (including phenoxy) is 1. The van der Waals surface area contributed by atoms with Crippen molar-refractivity contribution in [2.45, 2.75) is 64.7 Å². The Balaban J connectivity index is 1.54. The van der Waals surface area contributed by atoms with Crippen molar-refractivity contribution in [2.75, 3.05) is 7.11 Å². The lowest BCUT2D eigenvalue weighted by atomic mass is 10.0. The third-order valence-electron chi connectivity index (χ3n) is 5.70. The maximum atomic E-state index is 11.7. The minimum Gasteiger partial charge on any atom is -0.465 e. The molecule has 3 rings (SSSR count). The second-order valence-corrected chi connectivity index (χ2v) is 8.04. The van der Waals surface area contributed by atoms with Crippen LogP contribution < -0.4 is 0 Å². The molecule has 0 atom stereocenters. The second kappa shape index (κ2) is 11.5. The SMILES string of the molecule is CCCCCCCCCCc1ccc(-c2ccc3cc(C(=O)OC)ccc3c2)nc1. The summed E-state index contributed by atoms with van der Waals surface area (Å²) in [7, 11) is 1.40. The lowest BCUT2D eigenvalue weighted by Crippen LogP contribution is -2.00. The van der Waals surface area contributed by atoms with E-state index in [4.69, 9.17) is 4.74 Å². The molecule has 3 aromatic rings. The summed E-state index contributed by atoms with van der Waals surface area (Å²) in [5.74, 6) is -0.310. The fourth-order valence-electron chi connectivity index (χ4n) is 3.86. The van der Waals surface area contributed by atoms with Crippen LogP contribution in [0.25, 0.3) is 22.0 Å². The fraction of sp³-hybridized carbons (Fsp3) is 0.407. The van der Waals surface area contributed by atoms with Gasteiger partial charge in [-0.2, -0.15) is 0 Å². The molecule has 0 bridgehead atoms. The molecule has 0 saturated heterocycles. The highest BCUT2D eigenvalue weighted by Gasteiger charge is 2.07. The zero-order valence-corrected chi connectivity index (χ0v) is 18.3. The Bertz CT molecular complexity index is 947. The molecule has 30 heavy (non-hydrogen) atoms. The Hall–Kier alpha value is -2.68. The Morgan fingerprint density at radius 1 is 0.833 bits per heavy atom. The van der Waals surface area contributed by atoms with E-state index in [-0.39, 0.29) is 5.97 Å². The zero-order valence-electron chi connectivity index (χ0n) is 18.3. The summed E-state index contributed by atoms with van der Waals surface area (Å²) in [6, 6.07) is 16.2. The molecule has 0 saturated carbocycles. The minimum absolute atomic E-state index is 0.310. The van der Waals surface area contributed by atoms with Crippen LogP contribution in [0.4, 0.5) is 0 Å². The second-order valence-electron chi connectivity index (χ2n) is 8.04. The van der Waals surface area contributed by atoms with Gasteiger partial charge in [-0.3, -0.25) is 4.98 Å². The maximum Gasteiger partial charge on any atom is 0.337 e. The van der Waals surface area contributed by atoms with Gasteiger partial charge in [0.25, 0.3) is 0 Å². The number of rotatable bonds is 11. The first kappa shape index (κ1) is 22.0. The molecule has 0 fully saturated rings. The lowest BCUT2D eigenvalue weighted by molar-refractivity contribution is 0.0601. The summed E-state index contributed by atoms with van der Waals surface area (Å²) in [6.45, 7) is 2.27. The molecule has 0 unspecified atom stereocenters. The predicted molar refractivity (Wildman–Crippen MR) is 125 cm³/mol. The summed E-state index contributed by atoms with van der Waals surface area (Å²) in [5, 5.41) is 2.11. The van der Waals surface area contributed by atoms with Crippen molar-refractivity contribution in [2.24, 2.45) is 0 Å². The molecule has 0 aliphatic rings. The van der Waals surface area contributed by atoms with Gasteiger partial charge in [0.15, 0.2) is 0 Å². The van der Waals surface area contributed by atoms with Gasteiger partial charge in [-0.15, -0.1) is 0 Å². The maximum absolute atomic E-state index is 11.7. The molecule has 0 N–H and O–H groups in total. The molecule has 0 amide bonds. The van der Waals surface area contributed by atoms with Gasteiger partial charge in [-0.05, 0) is 53.4 Å². The van der Waals surface area contributed by atoms with Gasteiger partial charge in [0, 0.05) is 11.8 Å². The van der Waals surface area contributed by atoms with Crippen LogP contribution in [0.3, 0.4) is 0 Å². The van der Waals surface area contributed by atoms with Crippen LogP contribution in [0.5, 0.6) is 0 Å². The first-order chi connectivity index (χ1) is 14.7. The number of methoxy groups -OCH3 is 1. The number of benzene rings is 2. The number of carbonyl (C=O) groups is 1. The van der Waals surface area contributed by atoms with Crippen molar-refractivity contribution < 1.29 is 9.53 Å². The van der Waals surface area contributed by atoms with E-state index in [2.05, 4.69) is 36.2 Å². The number of aromatic nitrogens is 1. The van der Waals surface area contributed by atoms with Crippen molar-refractivity contribution in [1.29, 1.82) is 0 Å². The van der Waals surface area contributed by atoms with Crippen LogP contribution in [0.15, 0.2) is 54.7 Å². The average molecular weight is 404 g/mol. The third kappa shape index (κ3) is 6.16. The van der Waals surface area contributed by atoms with E-state index in [9.17, 15) is 4.79 Å². The lowest BCUT2D eigenvalue weighted by Gasteiger charge is -2.07. The third-order valence-corrected chi connectivity index (χ3v) is 5.70. The molecule has 0 spiro atoms. The molecule has 0 radical (unpaired) electrons. The highest BCUT2D eigenvalue weighted by molar-refractivity contribution is 5.96. The van der Waals surface area contributed by atoms with Crippen LogP contribution in [0.2, 0.25) is 0 Å². The van der Waals surface area contributed by atoms with E-state index >= 15 is 0 Å². The van der Waals surface area contributed by atoms with E-state index in [0.717, 1.165) is 28.5 Å². The van der Waals surface area contributed by atoms with Gasteiger partial charge in [-0.1, -0.05) is 76.1 Å². The van der Waals surface area contributed by atoms with Gasteiger partial charge >= 0.3 is 5.97 Å². The van der Waals surface area contributed by atoms with E-state index < -0.39 is 0 Å². The molecule has 2 aromatic carbocycles. The topological polar surface area (TPSA) is 39.2 Å². The first-order valence-corrected chi connectivity index (χ1v) is 11.3. The van der Waals surface area contributed by atoms with E-state index in [1.54, 1.807) is 6.07 Å². The molecule has 0 aliphatic heterocycles. The number of aryl methyl sites for hydroxylation is 1. The molecular formula is C27H33NO2. The van der Waals surface area contributed by atoms with Crippen molar-refractivity contribution in [1.82, 2.24) is 4.98 Å². The molecule has 1 aromatic heterocycles. The molecule has 0 aliphatic carbocycles. The summed E-state index contributed by atoms with van der Waals surface area (Å²) in [5.41, 5.74) is 3.95.